The van der Waals surface area contributed by atoms with Crippen LogP contribution in [-0.2, 0) is 0 Å². The molecule has 0 aliphatic heterocycles. The lowest BCUT2D eigenvalue weighted by atomic mass is 10.4. The van der Waals surface area contributed by atoms with Gasteiger partial charge >= 0.3 is 5.69 Å². The van der Waals surface area contributed by atoms with E-state index in [0.29, 0.717) is 0 Å². The van der Waals surface area contributed by atoms with Crippen molar-refractivity contribution in [2.24, 2.45) is 0 Å². The van der Waals surface area contributed by atoms with Crippen molar-refractivity contribution in [2.75, 3.05) is 0 Å². The molecule has 0 spiro atoms. The Bertz CT molecular complexity index is 527. The van der Waals surface area contributed by atoms with Crippen LogP contribution in [0.4, 0.5) is 0 Å². The minimum atomic E-state index is -0.513. The lowest BCUT2D eigenvalue weighted by Gasteiger charge is -1.91. The fourth-order valence-corrected chi connectivity index (χ4v) is 0.886. The average molecular weight is 164 g/mol. The molecule has 6 heteroatoms. The predicted molar refractivity (Wildman–Crippen MR) is 40.8 cm³/mol. The zero-order valence-electron chi connectivity index (χ0n) is 5.87. The molecule has 2 aromatic heterocycles. The topological polar surface area (TPSA) is 91.5 Å². The van der Waals surface area contributed by atoms with Gasteiger partial charge in [-0.05, 0) is 0 Å². The summed E-state index contributed by atoms with van der Waals surface area (Å²) in [4.78, 5) is 33.6. The van der Waals surface area contributed by atoms with Gasteiger partial charge in [0.1, 0.15) is 11.0 Å². The minimum absolute atomic E-state index is 0.249. The maximum atomic E-state index is 11.0. The first kappa shape index (κ1) is 6.71. The monoisotopic (exact) mass is 164 g/mol. The van der Waals surface area contributed by atoms with Gasteiger partial charge in [-0.3, -0.25) is 9.78 Å². The van der Waals surface area contributed by atoms with Crippen LogP contribution in [0.5, 0.6) is 0 Å². The number of nitrogens with one attached hydrogen (secondary N) is 2. The quantitative estimate of drug-likeness (QED) is 0.522. The Hall–Kier alpha value is -1.98. The Labute approximate surface area is 65.3 Å². The molecule has 2 heterocycles. The van der Waals surface area contributed by atoms with Crippen LogP contribution in [0.2, 0.25) is 0 Å². The van der Waals surface area contributed by atoms with Crippen LogP contribution in [0.3, 0.4) is 0 Å². The highest BCUT2D eigenvalue weighted by molar-refractivity contribution is 5.70. The van der Waals surface area contributed by atoms with E-state index in [-0.39, 0.29) is 16.6 Å². The molecular weight excluding hydrogens is 160 g/mol. The van der Waals surface area contributed by atoms with Crippen molar-refractivity contribution >= 4 is 11.0 Å². The normalized spacial score (nSPS) is 10.3. The first-order chi connectivity index (χ1) is 5.77. The molecule has 0 radical (unpaired) electrons. The van der Waals surface area contributed by atoms with Gasteiger partial charge in [0, 0.05) is 6.20 Å². The third kappa shape index (κ3) is 0.895. The molecule has 2 aromatic rings. The van der Waals surface area contributed by atoms with E-state index < -0.39 is 5.69 Å². The molecule has 12 heavy (non-hydrogen) atoms. The number of aromatic amines is 2. The number of hydrogen-bond donors (Lipinski definition) is 2. The number of H-pyrrole nitrogens is 2. The van der Waals surface area contributed by atoms with E-state index in [4.69, 9.17) is 0 Å². The molecule has 0 fully saturated rings. The molecule has 0 bridgehead atoms. The Balaban J connectivity index is 3.06. The van der Waals surface area contributed by atoms with Crippen LogP contribution in [0, 0.1) is 0 Å². The summed E-state index contributed by atoms with van der Waals surface area (Å²) in [6.07, 6.45) is 2.42. The van der Waals surface area contributed by atoms with Crippen LogP contribution in [0.15, 0.2) is 22.1 Å². The van der Waals surface area contributed by atoms with Crippen molar-refractivity contribution in [1.29, 1.82) is 0 Å². The second kappa shape index (κ2) is 2.26. The largest absolute Gasteiger partial charge is 0.346 e. The molecule has 0 saturated heterocycles. The zero-order valence-corrected chi connectivity index (χ0v) is 5.87. The first-order valence-corrected chi connectivity index (χ1v) is 3.20. The minimum Gasteiger partial charge on any atom is -0.312 e. The Kier molecular flexibility index (Phi) is 1.26. The molecule has 0 aromatic carbocycles. The third-order valence-corrected chi connectivity index (χ3v) is 1.43. The maximum Gasteiger partial charge on any atom is 0.346 e. The van der Waals surface area contributed by atoms with E-state index in [1.165, 1.54) is 12.5 Å². The molecule has 0 aliphatic rings. The standard InChI is InChI=1S/C6H4N4O2/c11-5-3-1-7-6(12)10-4(3)8-2-9-5/h1-2H,(H2,7,8,9,10,11,12). The van der Waals surface area contributed by atoms with Crippen molar-refractivity contribution in [3.63, 3.8) is 0 Å². The zero-order chi connectivity index (χ0) is 8.55. The lowest BCUT2D eigenvalue weighted by Crippen LogP contribution is -2.15. The Morgan fingerprint density at radius 3 is 2.92 bits per heavy atom. The molecule has 60 valence electrons. The molecule has 2 rings (SSSR count). The Morgan fingerprint density at radius 1 is 1.25 bits per heavy atom. The Morgan fingerprint density at radius 2 is 2.08 bits per heavy atom. The molecular formula is C6H4N4O2. The number of nitrogens with zero attached hydrogens (tertiary/aromatic N) is 2. The second-order valence-electron chi connectivity index (χ2n) is 2.18. The van der Waals surface area contributed by atoms with E-state index in [1.54, 1.807) is 0 Å². The summed E-state index contributed by atoms with van der Waals surface area (Å²) < 4.78 is 0. The molecule has 0 amide bonds. The van der Waals surface area contributed by atoms with E-state index >= 15 is 0 Å². The summed E-state index contributed by atoms with van der Waals surface area (Å²) in [6.45, 7) is 0. The van der Waals surface area contributed by atoms with Gasteiger partial charge in [-0.25, -0.2) is 14.8 Å². The van der Waals surface area contributed by atoms with E-state index in [1.807, 2.05) is 0 Å². The summed E-state index contributed by atoms with van der Waals surface area (Å²) in [5, 5.41) is 0.275. The van der Waals surface area contributed by atoms with Crippen LogP contribution in [-0.4, -0.2) is 19.9 Å². The third-order valence-electron chi connectivity index (χ3n) is 1.43. The van der Waals surface area contributed by atoms with Gasteiger partial charge in [-0.2, -0.15) is 0 Å². The van der Waals surface area contributed by atoms with Gasteiger partial charge in [0.15, 0.2) is 0 Å². The molecule has 0 atom stereocenters. The SMILES string of the molecule is O=c1ncc2c(=O)[nH]cnc2[nH]1. The molecule has 2 N–H and O–H groups in total. The molecule has 6 nitrogen and oxygen atoms in total. The number of aromatic nitrogens is 4. The highest BCUT2D eigenvalue weighted by Gasteiger charge is 1.98. The van der Waals surface area contributed by atoms with Crippen molar-refractivity contribution in [1.82, 2.24) is 19.9 Å². The van der Waals surface area contributed by atoms with Crippen molar-refractivity contribution < 1.29 is 0 Å². The number of rotatable bonds is 0. The predicted octanol–water partition coefficient (Wildman–Crippen LogP) is -0.994. The van der Waals surface area contributed by atoms with E-state index in [9.17, 15) is 9.59 Å². The number of hydrogen-bond acceptors (Lipinski definition) is 4. The summed E-state index contributed by atoms with van der Waals surface area (Å²) >= 11 is 0. The van der Waals surface area contributed by atoms with Crippen LogP contribution in [0.1, 0.15) is 0 Å². The highest BCUT2D eigenvalue weighted by Crippen LogP contribution is 1.93. The average Bonchev–Trinajstić information content (AvgIpc) is 2.04. The summed E-state index contributed by atoms with van der Waals surface area (Å²) in [7, 11) is 0. The second-order valence-corrected chi connectivity index (χ2v) is 2.18. The fraction of sp³-hybridized carbons (Fsp3) is 0. The lowest BCUT2D eigenvalue weighted by molar-refractivity contribution is 1.06. The highest BCUT2D eigenvalue weighted by atomic mass is 16.1. The molecule has 0 unspecified atom stereocenters. The van der Waals surface area contributed by atoms with Gasteiger partial charge in [0.25, 0.3) is 5.56 Å². The molecule has 0 saturated carbocycles. The van der Waals surface area contributed by atoms with Crippen LogP contribution in [0.25, 0.3) is 11.0 Å². The summed E-state index contributed by atoms with van der Waals surface area (Å²) in [5.41, 5.74) is -0.580. The van der Waals surface area contributed by atoms with Crippen LogP contribution >= 0.6 is 0 Å². The van der Waals surface area contributed by atoms with E-state index in [2.05, 4.69) is 19.9 Å². The van der Waals surface area contributed by atoms with Gasteiger partial charge in [0.2, 0.25) is 0 Å². The van der Waals surface area contributed by atoms with Gasteiger partial charge in [-0.1, -0.05) is 0 Å². The van der Waals surface area contributed by atoms with Gasteiger partial charge in [0.05, 0.1) is 6.33 Å². The van der Waals surface area contributed by atoms with Crippen LogP contribution < -0.4 is 11.2 Å². The van der Waals surface area contributed by atoms with E-state index in [0.717, 1.165) is 0 Å². The maximum absolute atomic E-state index is 11.0. The van der Waals surface area contributed by atoms with Gasteiger partial charge < -0.3 is 4.98 Å². The smallest absolute Gasteiger partial charge is 0.312 e. The summed E-state index contributed by atoms with van der Waals surface area (Å²) in [6, 6.07) is 0. The summed E-state index contributed by atoms with van der Waals surface area (Å²) in [5.74, 6) is 0. The number of fused-ring (bicyclic) bond motifs is 1. The first-order valence-electron chi connectivity index (χ1n) is 3.20. The van der Waals surface area contributed by atoms with Crippen molar-refractivity contribution in [3.8, 4) is 0 Å². The van der Waals surface area contributed by atoms with Crippen molar-refractivity contribution in [3.05, 3.63) is 33.4 Å². The molecule has 0 aliphatic carbocycles. The van der Waals surface area contributed by atoms with Gasteiger partial charge in [-0.15, -0.1) is 0 Å². The fourth-order valence-electron chi connectivity index (χ4n) is 0.886. The van der Waals surface area contributed by atoms with Crippen molar-refractivity contribution in [2.45, 2.75) is 0 Å².